The lowest BCUT2D eigenvalue weighted by Crippen LogP contribution is -2.46. The number of aliphatic imine (C=N–C) groups is 1. The molecule has 0 radical (unpaired) electrons. The zero-order valence-electron chi connectivity index (χ0n) is 17.4. The summed E-state index contributed by atoms with van der Waals surface area (Å²) in [6, 6.07) is 0.283. The summed E-state index contributed by atoms with van der Waals surface area (Å²) < 4.78 is 5.12. The van der Waals surface area contributed by atoms with Crippen LogP contribution in [0.15, 0.2) is 4.99 Å². The van der Waals surface area contributed by atoms with Crippen molar-refractivity contribution in [3.05, 3.63) is 0 Å². The maximum Gasteiger partial charge on any atom is 0.308 e. The second-order valence-corrected chi connectivity index (χ2v) is 7.38. The third kappa shape index (κ3) is 9.12. The van der Waals surface area contributed by atoms with E-state index in [9.17, 15) is 9.59 Å². The zero-order valence-corrected chi connectivity index (χ0v) is 19.7. The molecule has 3 N–H and O–H groups in total. The molecule has 1 amide bonds. The first-order valence-electron chi connectivity index (χ1n) is 9.83. The highest BCUT2D eigenvalue weighted by atomic mass is 127. The first-order valence-corrected chi connectivity index (χ1v) is 9.83. The fourth-order valence-electron chi connectivity index (χ4n) is 3.00. The number of esters is 1. The lowest BCUT2D eigenvalue weighted by Gasteiger charge is -2.29. The summed E-state index contributed by atoms with van der Waals surface area (Å²) in [7, 11) is 0. The molecule has 0 aromatic rings. The quantitative estimate of drug-likeness (QED) is 0.208. The molecule has 0 atom stereocenters. The Morgan fingerprint density at radius 1 is 1.04 bits per heavy atom. The first-order chi connectivity index (χ1) is 12.3. The molecule has 1 fully saturated rings. The van der Waals surface area contributed by atoms with Gasteiger partial charge in [0.25, 0.3) is 0 Å². The first kappa shape index (κ1) is 25.9. The standard InChI is InChI=1S/C19H36N4O3.HI/c1-6-20-17(25)19(4,5)13-22-18(21-7-2)23-15-11-9-14(10-12-15)16(24)26-8-3;/h14-15H,6-13H2,1-5H3,(H,20,25)(H2,21,22,23);1H. The van der Waals surface area contributed by atoms with Crippen molar-refractivity contribution in [2.75, 3.05) is 26.2 Å². The Morgan fingerprint density at radius 2 is 1.63 bits per heavy atom. The highest BCUT2D eigenvalue weighted by Gasteiger charge is 2.29. The van der Waals surface area contributed by atoms with E-state index in [4.69, 9.17) is 4.74 Å². The topological polar surface area (TPSA) is 91.8 Å². The normalized spacial score (nSPS) is 20.3. The summed E-state index contributed by atoms with van der Waals surface area (Å²) in [6.45, 7) is 11.8. The number of hydrogen-bond donors (Lipinski definition) is 3. The third-order valence-electron chi connectivity index (χ3n) is 4.62. The lowest BCUT2D eigenvalue weighted by molar-refractivity contribution is -0.149. The van der Waals surface area contributed by atoms with Crippen molar-refractivity contribution < 1.29 is 14.3 Å². The summed E-state index contributed by atoms with van der Waals surface area (Å²) in [5, 5.41) is 9.55. The molecule has 1 aliphatic rings. The molecule has 8 heteroatoms. The molecule has 0 aromatic heterocycles. The molecule has 1 rings (SSSR count). The number of carbonyl (C=O) groups excluding carboxylic acids is 2. The number of ether oxygens (including phenoxy) is 1. The average Bonchev–Trinajstić information content (AvgIpc) is 2.61. The SMILES string of the molecule is CCNC(=O)C(C)(C)CN=C(NCC)NC1CCC(C(=O)OCC)CC1.I. The predicted molar refractivity (Wildman–Crippen MR) is 119 cm³/mol. The van der Waals surface area contributed by atoms with Crippen molar-refractivity contribution in [2.45, 2.75) is 66.3 Å². The molecule has 1 aliphatic carbocycles. The average molecular weight is 496 g/mol. The number of carbonyl (C=O) groups is 2. The number of amides is 1. The van der Waals surface area contributed by atoms with Gasteiger partial charge in [-0.1, -0.05) is 0 Å². The Labute approximate surface area is 180 Å². The third-order valence-corrected chi connectivity index (χ3v) is 4.62. The van der Waals surface area contributed by atoms with Crippen LogP contribution in [0.1, 0.15) is 60.3 Å². The summed E-state index contributed by atoms with van der Waals surface area (Å²) in [4.78, 5) is 28.6. The van der Waals surface area contributed by atoms with Crippen LogP contribution in [0.3, 0.4) is 0 Å². The number of guanidine groups is 1. The highest BCUT2D eigenvalue weighted by molar-refractivity contribution is 14.0. The van der Waals surface area contributed by atoms with E-state index >= 15 is 0 Å². The van der Waals surface area contributed by atoms with Gasteiger partial charge in [-0.15, -0.1) is 24.0 Å². The van der Waals surface area contributed by atoms with E-state index in [1.165, 1.54) is 0 Å². The maximum atomic E-state index is 12.1. The van der Waals surface area contributed by atoms with E-state index in [0.717, 1.165) is 38.2 Å². The Bertz CT molecular complexity index is 489. The minimum absolute atomic E-state index is 0. The van der Waals surface area contributed by atoms with Gasteiger partial charge in [0, 0.05) is 19.1 Å². The van der Waals surface area contributed by atoms with E-state index in [0.29, 0.717) is 19.7 Å². The van der Waals surface area contributed by atoms with Gasteiger partial charge in [0.05, 0.1) is 24.5 Å². The smallest absolute Gasteiger partial charge is 0.308 e. The molecule has 7 nitrogen and oxygen atoms in total. The Balaban J connectivity index is 0.00000676. The number of rotatable bonds is 8. The molecule has 0 unspecified atom stereocenters. The van der Waals surface area contributed by atoms with Gasteiger partial charge in [0.15, 0.2) is 5.96 Å². The number of halogens is 1. The molecule has 0 bridgehead atoms. The summed E-state index contributed by atoms with van der Waals surface area (Å²) >= 11 is 0. The van der Waals surface area contributed by atoms with Gasteiger partial charge < -0.3 is 20.7 Å². The van der Waals surface area contributed by atoms with E-state index in [-0.39, 0.29) is 47.8 Å². The number of nitrogens with zero attached hydrogens (tertiary/aromatic N) is 1. The van der Waals surface area contributed by atoms with E-state index in [1.807, 2.05) is 34.6 Å². The monoisotopic (exact) mass is 496 g/mol. The van der Waals surface area contributed by atoms with E-state index in [2.05, 4.69) is 20.9 Å². The summed E-state index contributed by atoms with van der Waals surface area (Å²) in [5.41, 5.74) is -0.556. The van der Waals surface area contributed by atoms with E-state index in [1.54, 1.807) is 0 Å². The van der Waals surface area contributed by atoms with Crippen LogP contribution in [-0.2, 0) is 14.3 Å². The van der Waals surface area contributed by atoms with Gasteiger partial charge in [0.1, 0.15) is 0 Å². The molecule has 0 saturated heterocycles. The second kappa shape index (κ2) is 13.2. The van der Waals surface area contributed by atoms with Crippen molar-refractivity contribution >= 4 is 41.8 Å². The van der Waals surface area contributed by atoms with Crippen molar-refractivity contribution in [1.29, 1.82) is 0 Å². The highest BCUT2D eigenvalue weighted by Crippen LogP contribution is 2.25. The van der Waals surface area contributed by atoms with Gasteiger partial charge in [0.2, 0.25) is 5.91 Å². The minimum atomic E-state index is -0.556. The van der Waals surface area contributed by atoms with E-state index < -0.39 is 5.41 Å². The fourth-order valence-corrected chi connectivity index (χ4v) is 3.00. The molecule has 0 heterocycles. The molecular formula is C19H37IN4O3. The van der Waals surface area contributed by atoms with Crippen LogP contribution in [0.2, 0.25) is 0 Å². The molecule has 0 aliphatic heterocycles. The van der Waals surface area contributed by atoms with Crippen LogP contribution in [0.5, 0.6) is 0 Å². The lowest BCUT2D eigenvalue weighted by atomic mass is 9.86. The molecule has 158 valence electrons. The largest absolute Gasteiger partial charge is 0.466 e. The molecule has 0 spiro atoms. The van der Waals surface area contributed by atoms with Crippen LogP contribution in [-0.4, -0.2) is 50.1 Å². The minimum Gasteiger partial charge on any atom is -0.466 e. The van der Waals surface area contributed by atoms with Crippen molar-refractivity contribution in [3.8, 4) is 0 Å². The van der Waals surface area contributed by atoms with Crippen LogP contribution >= 0.6 is 24.0 Å². The Morgan fingerprint density at radius 3 is 2.15 bits per heavy atom. The van der Waals surface area contributed by atoms with Crippen LogP contribution in [0, 0.1) is 11.3 Å². The van der Waals surface area contributed by atoms with Crippen LogP contribution < -0.4 is 16.0 Å². The predicted octanol–water partition coefficient (Wildman–Crippen LogP) is 2.44. The van der Waals surface area contributed by atoms with Crippen molar-refractivity contribution in [1.82, 2.24) is 16.0 Å². The number of nitrogens with one attached hydrogen (secondary N) is 3. The Hall–Kier alpha value is -1.06. The van der Waals surface area contributed by atoms with Crippen molar-refractivity contribution in [3.63, 3.8) is 0 Å². The molecular weight excluding hydrogens is 459 g/mol. The van der Waals surface area contributed by atoms with Gasteiger partial charge >= 0.3 is 5.97 Å². The fraction of sp³-hybridized carbons (Fsp3) is 0.842. The van der Waals surface area contributed by atoms with Crippen molar-refractivity contribution in [2.24, 2.45) is 16.3 Å². The van der Waals surface area contributed by atoms with Gasteiger partial charge in [-0.25, -0.2) is 0 Å². The molecule has 27 heavy (non-hydrogen) atoms. The van der Waals surface area contributed by atoms with Crippen LogP contribution in [0.25, 0.3) is 0 Å². The molecule has 1 saturated carbocycles. The number of hydrogen-bond acceptors (Lipinski definition) is 4. The van der Waals surface area contributed by atoms with Gasteiger partial charge in [-0.3, -0.25) is 14.6 Å². The summed E-state index contributed by atoms with van der Waals surface area (Å²) in [6.07, 6.45) is 3.49. The van der Waals surface area contributed by atoms with Gasteiger partial charge in [-0.2, -0.15) is 0 Å². The molecule has 0 aromatic carbocycles. The van der Waals surface area contributed by atoms with Crippen LogP contribution in [0.4, 0.5) is 0 Å². The zero-order chi connectivity index (χ0) is 19.6. The summed E-state index contributed by atoms with van der Waals surface area (Å²) in [5.74, 6) is 0.679. The maximum absolute atomic E-state index is 12.1. The Kier molecular flexibility index (Phi) is 12.7. The van der Waals surface area contributed by atoms with Gasteiger partial charge in [-0.05, 0) is 60.3 Å². The second-order valence-electron chi connectivity index (χ2n) is 7.38.